The van der Waals surface area contributed by atoms with Crippen molar-refractivity contribution < 1.29 is 0 Å². The number of hydrogen-bond acceptors (Lipinski definition) is 0. The number of hydrogen-bond donors (Lipinski definition) is 0. The predicted octanol–water partition coefficient (Wildman–Crippen LogP) is 6.17. The van der Waals surface area contributed by atoms with E-state index in [1.54, 1.807) is 0 Å². The van der Waals surface area contributed by atoms with Gasteiger partial charge in [0, 0.05) is 0 Å². The fourth-order valence-electron chi connectivity index (χ4n) is 5.05. The quantitative estimate of drug-likeness (QED) is 0.575. The Balaban J connectivity index is 2.20. The minimum absolute atomic E-state index is 0.181. The summed E-state index contributed by atoms with van der Waals surface area (Å²) >= 11 is 0. The van der Waals surface area contributed by atoms with Gasteiger partial charge in [-0.2, -0.15) is 0 Å². The third-order valence-electron chi connectivity index (χ3n) is 5.89. The first-order valence-electron chi connectivity index (χ1n) is 9.62. The lowest BCUT2D eigenvalue weighted by atomic mass is 9.68. The number of benzene rings is 2. The van der Waals surface area contributed by atoms with E-state index < -0.39 is 0 Å². The summed E-state index contributed by atoms with van der Waals surface area (Å²) in [4.78, 5) is 0. The molecule has 0 N–H and O–H groups in total. The van der Waals surface area contributed by atoms with Crippen LogP contribution in [0.15, 0.2) is 95.0 Å². The minimum Gasteiger partial charge on any atom is -0.112 e. The first-order chi connectivity index (χ1) is 12.7. The van der Waals surface area contributed by atoms with Crippen molar-refractivity contribution in [2.75, 3.05) is 0 Å². The monoisotopic (exact) mass is 336 g/mol. The molecule has 0 fully saturated rings. The Bertz CT molecular complexity index is 953. The van der Waals surface area contributed by atoms with E-state index in [2.05, 4.69) is 100 Å². The van der Waals surface area contributed by atoms with Gasteiger partial charge in [0.15, 0.2) is 0 Å². The molecular weight excluding hydrogens is 311 g/mol. The third-order valence-corrected chi connectivity index (χ3v) is 5.89. The molecule has 0 amide bonds. The maximum atomic E-state index is 2.40. The van der Waals surface area contributed by atoms with Gasteiger partial charge in [-0.3, -0.25) is 0 Å². The van der Waals surface area contributed by atoms with E-state index in [4.69, 9.17) is 0 Å². The van der Waals surface area contributed by atoms with E-state index in [9.17, 15) is 0 Å². The molecule has 26 heavy (non-hydrogen) atoms. The molecule has 2 aromatic rings. The lowest BCUT2D eigenvalue weighted by Gasteiger charge is -2.32. The van der Waals surface area contributed by atoms with Crippen LogP contribution in [0.3, 0.4) is 0 Å². The van der Waals surface area contributed by atoms with Gasteiger partial charge in [-0.1, -0.05) is 73.6 Å². The lowest BCUT2D eigenvalue weighted by Crippen LogP contribution is -2.27. The van der Waals surface area contributed by atoms with Crippen LogP contribution in [0, 0.1) is 0 Å². The number of fused-ring (bicyclic) bond motifs is 5. The molecule has 0 atom stereocenters. The summed E-state index contributed by atoms with van der Waals surface area (Å²) < 4.78 is 0. The van der Waals surface area contributed by atoms with Crippen LogP contribution in [0.5, 0.6) is 0 Å². The third kappa shape index (κ3) is 1.98. The Labute approximate surface area is 157 Å². The van der Waals surface area contributed by atoms with Crippen molar-refractivity contribution in [1.82, 2.24) is 0 Å². The van der Waals surface area contributed by atoms with Gasteiger partial charge in [0.05, 0.1) is 5.41 Å². The van der Waals surface area contributed by atoms with Crippen molar-refractivity contribution in [2.45, 2.75) is 33.0 Å². The summed E-state index contributed by atoms with van der Waals surface area (Å²) in [5, 5.41) is 0. The van der Waals surface area contributed by atoms with Crippen molar-refractivity contribution in [3.63, 3.8) is 0 Å². The minimum atomic E-state index is -0.181. The second-order valence-corrected chi connectivity index (χ2v) is 7.11. The van der Waals surface area contributed by atoms with Crippen LogP contribution in [0.4, 0.5) is 0 Å². The lowest BCUT2D eigenvalue weighted by molar-refractivity contribution is 0.780. The smallest absolute Gasteiger partial charge is 0.112 e. The molecule has 0 radical (unpaired) electrons. The molecule has 128 valence electrons. The molecule has 1 spiro atoms. The first-order valence-corrected chi connectivity index (χ1v) is 9.62. The zero-order valence-electron chi connectivity index (χ0n) is 16.1. The molecule has 0 saturated heterocycles. The van der Waals surface area contributed by atoms with Gasteiger partial charge >= 0.3 is 0 Å². The molecule has 0 aromatic heterocycles. The van der Waals surface area contributed by atoms with Crippen LogP contribution in [0.1, 0.15) is 31.9 Å². The molecular formula is C25H25B. The molecule has 0 bridgehead atoms. The number of allylic oxidation sites excluding steroid dienone is 7. The Kier molecular flexibility index (Phi) is 4.11. The molecule has 2 aliphatic rings. The SMILES string of the molecule is CB/C=C1C(C)=C(/C=C\C)C2(C/1=C/C)c1ccccc1-c1ccccc12. The van der Waals surface area contributed by atoms with Gasteiger partial charge in [-0.15, -0.1) is 5.98 Å². The molecule has 0 heterocycles. The Morgan fingerprint density at radius 2 is 1.46 bits per heavy atom. The average Bonchev–Trinajstić information content (AvgIpc) is 3.09. The molecule has 2 aromatic carbocycles. The van der Waals surface area contributed by atoms with E-state index in [0.717, 1.165) is 7.28 Å². The van der Waals surface area contributed by atoms with Gasteiger partial charge in [0.2, 0.25) is 0 Å². The van der Waals surface area contributed by atoms with Crippen LogP contribution < -0.4 is 0 Å². The van der Waals surface area contributed by atoms with Crippen LogP contribution in [0.25, 0.3) is 11.1 Å². The summed E-state index contributed by atoms with van der Waals surface area (Å²) in [7, 11) is 1.05. The Morgan fingerprint density at radius 1 is 0.885 bits per heavy atom. The molecule has 4 rings (SSSR count). The van der Waals surface area contributed by atoms with Gasteiger partial charge < -0.3 is 0 Å². The topological polar surface area (TPSA) is 0 Å². The van der Waals surface area contributed by atoms with E-state index in [0.29, 0.717) is 0 Å². The van der Waals surface area contributed by atoms with Gasteiger partial charge in [-0.05, 0) is 65.3 Å². The predicted molar refractivity (Wildman–Crippen MR) is 115 cm³/mol. The van der Waals surface area contributed by atoms with Crippen LogP contribution >= 0.6 is 0 Å². The van der Waals surface area contributed by atoms with Crippen molar-refractivity contribution in [3.05, 3.63) is 106 Å². The van der Waals surface area contributed by atoms with E-state index in [-0.39, 0.29) is 5.41 Å². The van der Waals surface area contributed by atoms with Gasteiger partial charge in [0.25, 0.3) is 0 Å². The molecule has 0 unspecified atom stereocenters. The van der Waals surface area contributed by atoms with Crippen LogP contribution in [-0.4, -0.2) is 7.28 Å². The maximum Gasteiger partial charge on any atom is 0.145 e. The fourth-order valence-corrected chi connectivity index (χ4v) is 5.05. The highest BCUT2D eigenvalue weighted by atomic mass is 14.5. The summed E-state index contributed by atoms with van der Waals surface area (Å²) in [5.41, 5.74) is 11.1. The largest absolute Gasteiger partial charge is 0.145 e. The highest BCUT2D eigenvalue weighted by Crippen LogP contribution is 2.62. The molecule has 0 aliphatic heterocycles. The molecule has 1 heteroatoms. The Hall–Kier alpha value is -2.54. The highest BCUT2D eigenvalue weighted by Gasteiger charge is 2.52. The highest BCUT2D eigenvalue weighted by molar-refractivity contribution is 6.40. The maximum absolute atomic E-state index is 2.40. The van der Waals surface area contributed by atoms with Crippen molar-refractivity contribution in [1.29, 1.82) is 0 Å². The van der Waals surface area contributed by atoms with E-state index >= 15 is 0 Å². The molecule has 0 saturated carbocycles. The van der Waals surface area contributed by atoms with E-state index in [1.165, 1.54) is 44.5 Å². The van der Waals surface area contributed by atoms with Crippen molar-refractivity contribution >= 4 is 7.28 Å². The van der Waals surface area contributed by atoms with Crippen molar-refractivity contribution in [2.24, 2.45) is 0 Å². The second kappa shape index (κ2) is 6.32. The molecule has 0 nitrogen and oxygen atoms in total. The second-order valence-electron chi connectivity index (χ2n) is 7.11. The fraction of sp³-hybridized carbons (Fsp3) is 0.200. The van der Waals surface area contributed by atoms with Crippen LogP contribution in [0.2, 0.25) is 6.82 Å². The van der Waals surface area contributed by atoms with Gasteiger partial charge in [0.1, 0.15) is 7.28 Å². The average molecular weight is 336 g/mol. The Morgan fingerprint density at radius 3 is 1.96 bits per heavy atom. The summed E-state index contributed by atoms with van der Waals surface area (Å²) in [6, 6.07) is 17.9. The van der Waals surface area contributed by atoms with Crippen LogP contribution in [-0.2, 0) is 5.41 Å². The first kappa shape index (κ1) is 16.9. The summed E-state index contributed by atoms with van der Waals surface area (Å²) in [6.45, 7) is 8.83. The summed E-state index contributed by atoms with van der Waals surface area (Å²) in [5.74, 6) is 2.40. The van der Waals surface area contributed by atoms with Crippen molar-refractivity contribution in [3.8, 4) is 11.1 Å². The zero-order chi connectivity index (χ0) is 18.3. The zero-order valence-corrected chi connectivity index (χ0v) is 16.1. The summed E-state index contributed by atoms with van der Waals surface area (Å²) in [6.07, 6.45) is 6.85. The van der Waals surface area contributed by atoms with E-state index in [1.807, 2.05) is 0 Å². The number of rotatable bonds is 2. The normalized spacial score (nSPS) is 20.5. The van der Waals surface area contributed by atoms with Gasteiger partial charge in [-0.25, -0.2) is 0 Å². The molecule has 2 aliphatic carbocycles. The standard InChI is InChI=1S/C25H25B/c1-5-11-22-17(3)20(16-26-4)21(6-2)25(22)23-14-9-7-12-18(23)19-13-8-10-15-24(19)25/h5-16,26H,1-4H3/b11-5-,20-16-,21-6+.